The van der Waals surface area contributed by atoms with Gasteiger partial charge in [0.05, 0.1) is 11.0 Å². The molecule has 0 saturated heterocycles. The van der Waals surface area contributed by atoms with E-state index in [9.17, 15) is 0 Å². The van der Waals surface area contributed by atoms with E-state index in [0.29, 0.717) is 0 Å². The molecular weight excluding hydrogens is 338 g/mol. The second-order valence-electron chi connectivity index (χ2n) is 8.87. The number of pyridine rings is 1. The zero-order valence-electron chi connectivity index (χ0n) is 18.2. The van der Waals surface area contributed by atoms with Crippen LogP contribution in [-0.4, -0.2) is 0 Å². The zero-order chi connectivity index (χ0) is 19.9. The van der Waals surface area contributed by atoms with Crippen molar-refractivity contribution >= 4 is 10.8 Å². The average Bonchev–Trinajstić information content (AvgIpc) is 2.75. The van der Waals surface area contributed by atoms with Crippen LogP contribution in [0, 0.1) is 0 Å². The minimum atomic E-state index is 0.0683. The normalized spacial score (nSPS) is 23.5. The molecule has 2 atom stereocenters. The van der Waals surface area contributed by atoms with Gasteiger partial charge in [0, 0.05) is 25.5 Å². The number of unbranched alkanes of at least 4 members (excludes halogenated alkanes) is 1. The molecule has 0 bridgehead atoms. The first-order chi connectivity index (χ1) is 13.5. The third-order valence-electron chi connectivity index (χ3n) is 7.78. The van der Waals surface area contributed by atoms with E-state index in [1.54, 1.807) is 0 Å². The lowest BCUT2D eigenvalue weighted by Gasteiger charge is -2.46. The third-order valence-corrected chi connectivity index (χ3v) is 7.78. The number of aromatic nitrogens is 1. The van der Waals surface area contributed by atoms with Gasteiger partial charge in [0.15, 0.2) is 11.7 Å². The SMILES string of the molecule is CCCCc1cccc2c3c(ccc12)C(C)(CC)C(C)(CC)[n+]1ccccc1-3. The molecule has 2 heterocycles. The van der Waals surface area contributed by atoms with Crippen molar-refractivity contribution in [3.63, 3.8) is 0 Å². The van der Waals surface area contributed by atoms with Gasteiger partial charge in [-0.05, 0) is 54.2 Å². The topological polar surface area (TPSA) is 3.88 Å². The van der Waals surface area contributed by atoms with Gasteiger partial charge < -0.3 is 0 Å². The zero-order valence-corrected chi connectivity index (χ0v) is 18.2. The molecule has 0 aliphatic carbocycles. The van der Waals surface area contributed by atoms with E-state index in [1.165, 1.54) is 52.4 Å². The summed E-state index contributed by atoms with van der Waals surface area (Å²) in [5, 5.41) is 2.85. The minimum Gasteiger partial charge on any atom is -0.192 e. The molecular formula is C27H34N+. The lowest BCUT2D eigenvalue weighted by atomic mass is 9.60. The average molecular weight is 373 g/mol. The summed E-state index contributed by atoms with van der Waals surface area (Å²) in [5.74, 6) is 0. The maximum atomic E-state index is 2.57. The van der Waals surface area contributed by atoms with Crippen molar-refractivity contribution in [2.75, 3.05) is 0 Å². The standard InChI is InChI=1S/C27H34N/c1-6-9-13-20-14-12-15-22-21(20)17-18-23-25(22)24-16-10-11-19-28(24)27(5,8-3)26(23,4)7-2/h10-12,14-19H,6-9,13H2,1-5H3/q+1. The highest BCUT2D eigenvalue weighted by Gasteiger charge is 2.56. The van der Waals surface area contributed by atoms with Crippen molar-refractivity contribution < 1.29 is 4.57 Å². The largest absolute Gasteiger partial charge is 0.213 e. The number of nitrogens with zero attached hydrogens (tertiary/aromatic N) is 1. The molecule has 1 aliphatic heterocycles. The molecule has 1 aliphatic rings. The first-order valence-corrected chi connectivity index (χ1v) is 11.1. The summed E-state index contributed by atoms with van der Waals surface area (Å²) in [4.78, 5) is 0. The van der Waals surface area contributed by atoms with Gasteiger partial charge >= 0.3 is 0 Å². The first kappa shape index (κ1) is 19.2. The molecule has 2 unspecified atom stereocenters. The maximum Gasteiger partial charge on any atom is 0.213 e. The fraction of sp³-hybridized carbons (Fsp3) is 0.444. The van der Waals surface area contributed by atoms with Gasteiger partial charge in [0.25, 0.3) is 0 Å². The predicted octanol–water partition coefficient (Wildman–Crippen LogP) is 6.94. The third kappa shape index (κ3) is 2.48. The van der Waals surface area contributed by atoms with Crippen LogP contribution >= 0.6 is 0 Å². The van der Waals surface area contributed by atoms with Crippen molar-refractivity contribution in [3.05, 3.63) is 65.9 Å². The summed E-state index contributed by atoms with van der Waals surface area (Å²) in [6.45, 7) is 11.9. The van der Waals surface area contributed by atoms with Crippen molar-refractivity contribution in [2.24, 2.45) is 0 Å². The highest BCUT2D eigenvalue weighted by atomic mass is 15.1. The van der Waals surface area contributed by atoms with E-state index in [2.05, 4.69) is 93.9 Å². The van der Waals surface area contributed by atoms with Gasteiger partial charge in [0.1, 0.15) is 0 Å². The Bertz CT molecular complexity index is 1020. The number of aryl methyl sites for hydroxylation is 1. The molecule has 0 N–H and O–H groups in total. The van der Waals surface area contributed by atoms with Crippen LogP contribution in [-0.2, 0) is 17.4 Å². The summed E-state index contributed by atoms with van der Waals surface area (Å²) in [7, 11) is 0. The molecule has 2 aromatic carbocycles. The highest BCUT2D eigenvalue weighted by Crippen LogP contribution is 2.51. The van der Waals surface area contributed by atoms with Crippen molar-refractivity contribution in [3.8, 4) is 11.3 Å². The molecule has 4 rings (SSSR count). The molecule has 1 aromatic heterocycles. The van der Waals surface area contributed by atoms with Gasteiger partial charge in [-0.3, -0.25) is 0 Å². The predicted molar refractivity (Wildman–Crippen MR) is 120 cm³/mol. The molecule has 0 amide bonds. The Morgan fingerprint density at radius 2 is 1.64 bits per heavy atom. The Balaban J connectivity index is 2.10. The Morgan fingerprint density at radius 1 is 0.821 bits per heavy atom. The number of hydrogen-bond donors (Lipinski definition) is 0. The quantitative estimate of drug-likeness (QED) is 0.427. The minimum absolute atomic E-state index is 0.0683. The fourth-order valence-electron chi connectivity index (χ4n) is 5.51. The lowest BCUT2D eigenvalue weighted by Crippen LogP contribution is -2.67. The number of hydrogen-bond acceptors (Lipinski definition) is 0. The number of fused-ring (bicyclic) bond motifs is 5. The molecule has 0 radical (unpaired) electrons. The number of rotatable bonds is 5. The smallest absolute Gasteiger partial charge is 0.192 e. The van der Waals surface area contributed by atoms with Crippen LogP contribution in [0.1, 0.15) is 71.4 Å². The fourth-order valence-corrected chi connectivity index (χ4v) is 5.51. The molecule has 0 spiro atoms. The van der Waals surface area contributed by atoms with Crippen LogP contribution in [0.25, 0.3) is 22.0 Å². The van der Waals surface area contributed by atoms with E-state index in [4.69, 9.17) is 0 Å². The summed E-state index contributed by atoms with van der Waals surface area (Å²) < 4.78 is 2.57. The first-order valence-electron chi connectivity index (χ1n) is 11.1. The van der Waals surface area contributed by atoms with Crippen molar-refractivity contribution in [1.82, 2.24) is 0 Å². The van der Waals surface area contributed by atoms with Crippen molar-refractivity contribution in [2.45, 2.75) is 77.7 Å². The van der Waals surface area contributed by atoms with E-state index in [1.807, 2.05) is 0 Å². The Morgan fingerprint density at radius 3 is 2.36 bits per heavy atom. The Kier molecular flexibility index (Phi) is 4.81. The molecule has 28 heavy (non-hydrogen) atoms. The highest BCUT2D eigenvalue weighted by molar-refractivity contribution is 5.99. The van der Waals surface area contributed by atoms with Gasteiger partial charge in [-0.15, -0.1) is 0 Å². The van der Waals surface area contributed by atoms with E-state index in [0.717, 1.165) is 12.8 Å². The van der Waals surface area contributed by atoms with E-state index in [-0.39, 0.29) is 11.0 Å². The maximum absolute atomic E-state index is 2.57. The Labute approximate surface area is 170 Å². The van der Waals surface area contributed by atoms with E-state index >= 15 is 0 Å². The second-order valence-corrected chi connectivity index (χ2v) is 8.87. The van der Waals surface area contributed by atoms with Crippen LogP contribution in [0.15, 0.2) is 54.7 Å². The van der Waals surface area contributed by atoms with Gasteiger partial charge in [0.2, 0.25) is 5.69 Å². The molecule has 0 fully saturated rings. The van der Waals surface area contributed by atoms with Crippen LogP contribution in [0.3, 0.4) is 0 Å². The Hall–Kier alpha value is -2.15. The van der Waals surface area contributed by atoms with Gasteiger partial charge in [-0.1, -0.05) is 57.5 Å². The molecule has 3 aromatic rings. The number of benzene rings is 2. The van der Waals surface area contributed by atoms with Crippen LogP contribution in [0.2, 0.25) is 0 Å². The lowest BCUT2D eigenvalue weighted by molar-refractivity contribution is -0.765. The summed E-state index contributed by atoms with van der Waals surface area (Å²) in [6.07, 6.45) is 8.21. The van der Waals surface area contributed by atoms with Gasteiger partial charge in [-0.25, -0.2) is 0 Å². The summed E-state index contributed by atoms with van der Waals surface area (Å²) in [6, 6.07) is 18.5. The second kappa shape index (κ2) is 7.03. The van der Waals surface area contributed by atoms with Crippen LogP contribution < -0.4 is 4.57 Å². The summed E-state index contributed by atoms with van der Waals surface area (Å²) in [5.41, 5.74) is 6.00. The van der Waals surface area contributed by atoms with E-state index < -0.39 is 0 Å². The van der Waals surface area contributed by atoms with Crippen LogP contribution in [0.5, 0.6) is 0 Å². The molecule has 146 valence electrons. The van der Waals surface area contributed by atoms with Gasteiger partial charge in [-0.2, -0.15) is 4.57 Å². The molecule has 1 heteroatoms. The van der Waals surface area contributed by atoms with Crippen LogP contribution in [0.4, 0.5) is 0 Å². The summed E-state index contributed by atoms with van der Waals surface area (Å²) >= 11 is 0. The molecule has 1 nitrogen and oxygen atoms in total. The molecule has 0 saturated carbocycles. The van der Waals surface area contributed by atoms with Crippen molar-refractivity contribution in [1.29, 1.82) is 0 Å². The monoisotopic (exact) mass is 372 g/mol.